The maximum absolute atomic E-state index is 4.84. The molecule has 4 rings (SSSR count). The Morgan fingerprint density at radius 1 is 0.440 bits per heavy atom. The van der Waals surface area contributed by atoms with Gasteiger partial charge in [-0.05, 0) is 0 Å². The first-order valence-corrected chi connectivity index (χ1v) is 10.5. The molecule has 122 valence electrons. The second kappa shape index (κ2) is 7.01. The minimum atomic E-state index is -2.41. The van der Waals surface area contributed by atoms with Crippen molar-refractivity contribution in [3.63, 3.8) is 0 Å². The Hall–Kier alpha value is -2.76. The van der Waals surface area contributed by atoms with Gasteiger partial charge in [-0.2, -0.15) is 0 Å². The van der Waals surface area contributed by atoms with Gasteiger partial charge in [0.15, 0.2) is 0 Å². The van der Waals surface area contributed by atoms with Crippen LogP contribution >= 0.6 is 7.26 Å². The standard InChI is InChI=1S/C23H20NP/c1-4-12-20(13-5-1)25(21-14-6-2-7-15-21,22-16-8-3-9-17-22)23-18-10-11-19-24-23/h1-19,25H. The average Bonchev–Trinajstić information content (AvgIpc) is 2.72. The van der Waals surface area contributed by atoms with Crippen molar-refractivity contribution >= 4 is 28.6 Å². The van der Waals surface area contributed by atoms with Gasteiger partial charge in [0.25, 0.3) is 0 Å². The van der Waals surface area contributed by atoms with Crippen molar-refractivity contribution < 1.29 is 0 Å². The molecule has 25 heavy (non-hydrogen) atoms. The monoisotopic (exact) mass is 341 g/mol. The summed E-state index contributed by atoms with van der Waals surface area (Å²) in [6, 6.07) is 38.8. The molecule has 2 heteroatoms. The van der Waals surface area contributed by atoms with Crippen LogP contribution in [0.25, 0.3) is 0 Å². The number of pyridine rings is 1. The molecular weight excluding hydrogens is 321 g/mol. The summed E-state index contributed by atoms with van der Waals surface area (Å²) in [5, 5.41) is 4.06. The van der Waals surface area contributed by atoms with Crippen molar-refractivity contribution in [1.82, 2.24) is 4.98 Å². The van der Waals surface area contributed by atoms with Gasteiger partial charge in [-0.3, -0.25) is 0 Å². The molecule has 0 fully saturated rings. The molecule has 0 spiro atoms. The summed E-state index contributed by atoms with van der Waals surface area (Å²) >= 11 is 0. The van der Waals surface area contributed by atoms with Gasteiger partial charge >= 0.3 is 149 Å². The minimum absolute atomic E-state index is 1.17. The third-order valence-electron chi connectivity index (χ3n) is 4.67. The predicted molar refractivity (Wildman–Crippen MR) is 110 cm³/mol. The van der Waals surface area contributed by atoms with Crippen LogP contribution in [0, 0.1) is 0 Å². The summed E-state index contributed by atoms with van der Waals surface area (Å²) < 4.78 is 0. The molecule has 0 bridgehead atoms. The maximum atomic E-state index is 4.84. The Kier molecular flexibility index (Phi) is 4.41. The number of nitrogens with zero attached hydrogens (tertiary/aromatic N) is 1. The first-order valence-electron chi connectivity index (χ1n) is 8.50. The van der Waals surface area contributed by atoms with Gasteiger partial charge in [-0.25, -0.2) is 0 Å². The fourth-order valence-electron chi connectivity index (χ4n) is 3.59. The summed E-state index contributed by atoms with van der Waals surface area (Å²) in [6.07, 6.45) is 1.91. The van der Waals surface area contributed by atoms with E-state index < -0.39 is 7.26 Å². The van der Waals surface area contributed by atoms with Crippen molar-refractivity contribution in [3.8, 4) is 0 Å². The molecular formula is C23H20NP. The molecule has 0 atom stereocenters. The van der Waals surface area contributed by atoms with E-state index in [1.165, 1.54) is 21.3 Å². The fraction of sp³-hybridized carbons (Fsp3) is 0. The van der Waals surface area contributed by atoms with Gasteiger partial charge in [0.2, 0.25) is 0 Å². The molecule has 1 nitrogen and oxygen atoms in total. The Morgan fingerprint density at radius 2 is 0.840 bits per heavy atom. The zero-order valence-corrected chi connectivity index (χ0v) is 14.9. The Labute approximate surface area is 149 Å². The summed E-state index contributed by atoms with van der Waals surface area (Å²) in [5.41, 5.74) is 1.17. The molecule has 0 radical (unpaired) electrons. The first-order chi connectivity index (χ1) is 12.4. The van der Waals surface area contributed by atoms with Crippen molar-refractivity contribution in [2.45, 2.75) is 0 Å². The molecule has 3 aromatic carbocycles. The van der Waals surface area contributed by atoms with Crippen LogP contribution in [0.3, 0.4) is 0 Å². The topological polar surface area (TPSA) is 12.9 Å². The van der Waals surface area contributed by atoms with Crippen LogP contribution in [0.2, 0.25) is 0 Å². The first kappa shape index (κ1) is 15.7. The van der Waals surface area contributed by atoms with E-state index in [-0.39, 0.29) is 0 Å². The van der Waals surface area contributed by atoms with Crippen LogP contribution < -0.4 is 21.3 Å². The van der Waals surface area contributed by atoms with Gasteiger partial charge in [0.05, 0.1) is 0 Å². The van der Waals surface area contributed by atoms with Crippen LogP contribution in [0.5, 0.6) is 0 Å². The van der Waals surface area contributed by atoms with Gasteiger partial charge in [-0.1, -0.05) is 0 Å². The van der Waals surface area contributed by atoms with E-state index in [1.54, 1.807) is 0 Å². The molecule has 0 aliphatic rings. The third kappa shape index (κ3) is 2.77. The second-order valence-electron chi connectivity index (χ2n) is 6.06. The van der Waals surface area contributed by atoms with E-state index in [0.717, 1.165) is 0 Å². The summed E-state index contributed by atoms with van der Waals surface area (Å²) in [7, 11) is -2.41. The van der Waals surface area contributed by atoms with E-state index in [0.29, 0.717) is 0 Å². The van der Waals surface area contributed by atoms with Crippen molar-refractivity contribution in [1.29, 1.82) is 0 Å². The number of rotatable bonds is 4. The SMILES string of the molecule is c1ccc([PH](c2ccccc2)(c2ccccc2)c2ccccn2)cc1. The average molecular weight is 341 g/mol. The molecule has 1 aromatic heterocycles. The molecule has 0 unspecified atom stereocenters. The molecule has 1 heterocycles. The van der Waals surface area contributed by atoms with E-state index in [4.69, 9.17) is 4.98 Å². The third-order valence-corrected chi connectivity index (χ3v) is 9.33. The van der Waals surface area contributed by atoms with E-state index in [2.05, 4.69) is 103 Å². The van der Waals surface area contributed by atoms with Gasteiger partial charge < -0.3 is 0 Å². The molecule has 0 saturated carbocycles. The van der Waals surface area contributed by atoms with E-state index >= 15 is 0 Å². The summed E-state index contributed by atoms with van der Waals surface area (Å²) in [5.74, 6) is 0. The predicted octanol–water partition coefficient (Wildman–Crippen LogP) is 3.43. The molecule has 0 aliphatic carbocycles. The Morgan fingerprint density at radius 3 is 1.20 bits per heavy atom. The number of aromatic nitrogens is 1. The number of hydrogen-bond acceptors (Lipinski definition) is 1. The quantitative estimate of drug-likeness (QED) is 0.518. The number of hydrogen-bond donors (Lipinski definition) is 0. The van der Waals surface area contributed by atoms with E-state index in [1.807, 2.05) is 12.3 Å². The number of benzene rings is 3. The normalized spacial score (nSPS) is 11.8. The van der Waals surface area contributed by atoms with Crippen LogP contribution in [0.15, 0.2) is 115 Å². The zero-order valence-electron chi connectivity index (χ0n) is 13.9. The summed E-state index contributed by atoms with van der Waals surface area (Å²) in [6.45, 7) is 0. The Bertz CT molecular complexity index is 759. The van der Waals surface area contributed by atoms with Gasteiger partial charge in [-0.15, -0.1) is 0 Å². The molecule has 0 aliphatic heterocycles. The zero-order chi connectivity index (χ0) is 17.0. The van der Waals surface area contributed by atoms with Crippen LogP contribution in [-0.2, 0) is 0 Å². The van der Waals surface area contributed by atoms with E-state index in [9.17, 15) is 0 Å². The van der Waals surface area contributed by atoms with Crippen molar-refractivity contribution in [2.75, 3.05) is 0 Å². The summed E-state index contributed by atoms with van der Waals surface area (Å²) in [4.78, 5) is 4.84. The van der Waals surface area contributed by atoms with Crippen LogP contribution in [0.1, 0.15) is 0 Å². The Balaban J connectivity index is 2.13. The van der Waals surface area contributed by atoms with Crippen LogP contribution in [-0.4, -0.2) is 4.98 Å². The van der Waals surface area contributed by atoms with Crippen LogP contribution in [0.4, 0.5) is 0 Å². The molecule has 0 saturated heterocycles. The second-order valence-corrected chi connectivity index (χ2v) is 9.81. The van der Waals surface area contributed by atoms with Crippen molar-refractivity contribution in [3.05, 3.63) is 115 Å². The molecule has 0 amide bonds. The fourth-order valence-corrected chi connectivity index (χ4v) is 8.17. The molecule has 4 aromatic rings. The van der Waals surface area contributed by atoms with Gasteiger partial charge in [0.1, 0.15) is 0 Å². The van der Waals surface area contributed by atoms with Crippen molar-refractivity contribution in [2.24, 2.45) is 0 Å². The van der Waals surface area contributed by atoms with Gasteiger partial charge in [0, 0.05) is 0 Å². The molecule has 0 N–H and O–H groups in total.